The fraction of sp³-hybridized carbons (Fsp3) is 0.727. The smallest absolute Gasteiger partial charge is 0.406 e. The lowest BCUT2D eigenvalue weighted by Crippen LogP contribution is -2.47. The largest absolute Gasteiger partial charge is 0.480 e. The van der Waals surface area contributed by atoms with Crippen LogP contribution in [0.15, 0.2) is 0 Å². The number of hydrogen-bond acceptors (Lipinski definition) is 3. The number of nitrogens with zero attached hydrogens (tertiary/aromatic N) is 1. The first-order chi connectivity index (χ1) is 9.16. The van der Waals surface area contributed by atoms with Gasteiger partial charge in [-0.2, -0.15) is 13.2 Å². The second kappa shape index (κ2) is 4.64. The molecule has 9 heteroatoms. The van der Waals surface area contributed by atoms with Crippen molar-refractivity contribution in [1.29, 1.82) is 0 Å². The van der Waals surface area contributed by atoms with Gasteiger partial charge in [-0.25, -0.2) is 0 Å². The minimum absolute atomic E-state index is 0.0519. The first-order valence-electron chi connectivity index (χ1n) is 6.06. The van der Waals surface area contributed by atoms with Gasteiger partial charge in [-0.1, -0.05) is 0 Å². The highest BCUT2D eigenvalue weighted by Crippen LogP contribution is 2.46. The van der Waals surface area contributed by atoms with Gasteiger partial charge in [0.2, 0.25) is 11.8 Å². The van der Waals surface area contributed by atoms with E-state index in [9.17, 15) is 27.6 Å². The summed E-state index contributed by atoms with van der Waals surface area (Å²) in [5.41, 5.74) is -1.50. The summed E-state index contributed by atoms with van der Waals surface area (Å²) in [5, 5.41) is 11.2. The number of carboxylic acid groups (broad SMARTS) is 1. The van der Waals surface area contributed by atoms with Gasteiger partial charge in [-0.15, -0.1) is 0 Å². The van der Waals surface area contributed by atoms with Gasteiger partial charge in [0.25, 0.3) is 0 Å². The number of hydrogen-bond donors (Lipinski definition) is 2. The molecule has 1 aliphatic carbocycles. The molecular weight excluding hydrogens is 281 g/mol. The summed E-state index contributed by atoms with van der Waals surface area (Å²) in [6.45, 7) is -1.47. The van der Waals surface area contributed by atoms with E-state index in [0.29, 0.717) is 4.90 Å². The number of aliphatic carboxylic acids is 1. The normalized spacial score (nSPS) is 24.6. The molecule has 6 nitrogen and oxygen atoms in total. The van der Waals surface area contributed by atoms with Gasteiger partial charge in [-0.3, -0.25) is 14.4 Å². The Kier molecular flexibility index (Phi) is 3.39. The monoisotopic (exact) mass is 294 g/mol. The average molecular weight is 294 g/mol. The molecule has 2 rings (SSSR count). The maximum Gasteiger partial charge on any atom is 0.406 e. The van der Waals surface area contributed by atoms with Gasteiger partial charge >= 0.3 is 12.1 Å². The van der Waals surface area contributed by atoms with E-state index in [1.165, 1.54) is 0 Å². The molecule has 0 aromatic carbocycles. The van der Waals surface area contributed by atoms with E-state index in [0.717, 1.165) is 0 Å². The predicted molar refractivity (Wildman–Crippen MR) is 58.5 cm³/mol. The number of nitrogens with one attached hydrogen (secondary N) is 1. The van der Waals surface area contributed by atoms with Crippen LogP contribution in [0.2, 0.25) is 0 Å². The second-order valence-corrected chi connectivity index (χ2v) is 5.08. The van der Waals surface area contributed by atoms with Crippen LogP contribution in [0.4, 0.5) is 13.2 Å². The van der Waals surface area contributed by atoms with Crippen molar-refractivity contribution in [2.75, 3.05) is 13.1 Å². The summed E-state index contributed by atoms with van der Waals surface area (Å²) in [5.74, 6) is -2.89. The van der Waals surface area contributed by atoms with Gasteiger partial charge in [-0.05, 0) is 19.3 Å². The topological polar surface area (TPSA) is 86.7 Å². The average Bonchev–Trinajstić information content (AvgIpc) is 3.06. The molecule has 1 atom stereocenters. The van der Waals surface area contributed by atoms with Crippen LogP contribution < -0.4 is 5.32 Å². The molecule has 2 amide bonds. The zero-order valence-corrected chi connectivity index (χ0v) is 10.4. The van der Waals surface area contributed by atoms with Crippen molar-refractivity contribution in [3.05, 3.63) is 0 Å². The van der Waals surface area contributed by atoms with Crippen molar-refractivity contribution in [2.24, 2.45) is 5.41 Å². The zero-order valence-electron chi connectivity index (χ0n) is 10.4. The Bertz CT molecular complexity index is 459. The van der Waals surface area contributed by atoms with Crippen molar-refractivity contribution in [1.82, 2.24) is 10.2 Å². The van der Waals surface area contributed by atoms with E-state index in [2.05, 4.69) is 5.32 Å². The van der Waals surface area contributed by atoms with Crippen LogP contribution in [0.1, 0.15) is 19.3 Å². The first-order valence-corrected chi connectivity index (χ1v) is 6.06. The van der Waals surface area contributed by atoms with E-state index >= 15 is 0 Å². The standard InChI is InChI=1S/C11H13F3N2O4/c12-11(13,14)5-16-4-1-6(7(16)17)15-8(18)10(2-3-10)9(19)20/h6H,1-5H2,(H,15,18)(H,19,20)/t6-/m0/s1. The van der Waals surface area contributed by atoms with Gasteiger partial charge < -0.3 is 15.3 Å². The van der Waals surface area contributed by atoms with Crippen molar-refractivity contribution in [3.8, 4) is 0 Å². The molecule has 0 radical (unpaired) electrons. The van der Waals surface area contributed by atoms with E-state index in [1.807, 2.05) is 0 Å². The Morgan fingerprint density at radius 2 is 2.00 bits per heavy atom. The third-order valence-corrected chi connectivity index (χ3v) is 3.57. The lowest BCUT2D eigenvalue weighted by Gasteiger charge is -2.19. The number of carbonyl (C=O) groups excluding carboxylic acids is 2. The van der Waals surface area contributed by atoms with Gasteiger partial charge in [0.1, 0.15) is 18.0 Å². The number of carboxylic acids is 1. The summed E-state index contributed by atoms with van der Waals surface area (Å²) in [7, 11) is 0. The zero-order chi connectivity index (χ0) is 15.1. The Morgan fingerprint density at radius 1 is 1.40 bits per heavy atom. The molecule has 2 N–H and O–H groups in total. The van der Waals surface area contributed by atoms with Crippen LogP contribution in [-0.4, -0.2) is 53.1 Å². The van der Waals surface area contributed by atoms with E-state index in [4.69, 9.17) is 5.11 Å². The van der Waals surface area contributed by atoms with Crippen molar-refractivity contribution in [2.45, 2.75) is 31.5 Å². The number of amides is 2. The summed E-state index contributed by atoms with van der Waals surface area (Å²) in [6.07, 6.45) is -4.08. The number of rotatable bonds is 4. The summed E-state index contributed by atoms with van der Waals surface area (Å²) in [4.78, 5) is 35.0. The molecule has 0 unspecified atom stereocenters. The van der Waals surface area contributed by atoms with Crippen molar-refractivity contribution >= 4 is 17.8 Å². The van der Waals surface area contributed by atoms with Gasteiger partial charge in [0.15, 0.2) is 0 Å². The Morgan fingerprint density at radius 3 is 2.45 bits per heavy atom. The van der Waals surface area contributed by atoms with Gasteiger partial charge in [0.05, 0.1) is 0 Å². The molecule has 2 aliphatic rings. The Balaban J connectivity index is 1.94. The number of carbonyl (C=O) groups is 3. The first kappa shape index (κ1) is 14.6. The molecule has 1 aliphatic heterocycles. The molecule has 2 fully saturated rings. The van der Waals surface area contributed by atoms with Crippen LogP contribution in [0.5, 0.6) is 0 Å². The van der Waals surface area contributed by atoms with Crippen LogP contribution in [0.3, 0.4) is 0 Å². The molecule has 112 valence electrons. The summed E-state index contributed by atoms with van der Waals surface area (Å²) < 4.78 is 36.6. The quantitative estimate of drug-likeness (QED) is 0.722. The lowest BCUT2D eigenvalue weighted by molar-refractivity contribution is -0.158. The molecular formula is C11H13F3N2O4. The van der Waals surface area contributed by atoms with Gasteiger partial charge in [0, 0.05) is 6.54 Å². The summed E-state index contributed by atoms with van der Waals surface area (Å²) in [6, 6.07) is -1.07. The lowest BCUT2D eigenvalue weighted by atomic mass is 10.1. The Labute approximate surface area is 111 Å². The third kappa shape index (κ3) is 2.70. The van der Waals surface area contributed by atoms with E-state index < -0.39 is 42.0 Å². The fourth-order valence-corrected chi connectivity index (χ4v) is 2.21. The molecule has 0 aromatic heterocycles. The van der Waals surface area contributed by atoms with Crippen LogP contribution in [0, 0.1) is 5.41 Å². The number of alkyl halides is 3. The van der Waals surface area contributed by atoms with Crippen molar-refractivity contribution in [3.63, 3.8) is 0 Å². The predicted octanol–water partition coefficient (Wildman–Crippen LogP) is 0.131. The molecule has 1 saturated heterocycles. The SMILES string of the molecule is O=C1[C@@H](NC(=O)C2(C(=O)O)CC2)CCN1CC(F)(F)F. The molecule has 0 aromatic rings. The van der Waals surface area contributed by atoms with Crippen LogP contribution >= 0.6 is 0 Å². The molecule has 20 heavy (non-hydrogen) atoms. The molecule has 0 bridgehead atoms. The number of likely N-dealkylation sites (tertiary alicyclic amines) is 1. The highest BCUT2D eigenvalue weighted by Gasteiger charge is 2.58. The maximum atomic E-state index is 12.2. The van der Waals surface area contributed by atoms with Crippen molar-refractivity contribution < 1.29 is 32.7 Å². The van der Waals surface area contributed by atoms with E-state index in [1.54, 1.807) is 0 Å². The van der Waals surface area contributed by atoms with E-state index in [-0.39, 0.29) is 25.8 Å². The highest BCUT2D eigenvalue weighted by molar-refractivity contribution is 6.06. The fourth-order valence-electron chi connectivity index (χ4n) is 2.21. The van der Waals surface area contributed by atoms with Crippen LogP contribution in [0.25, 0.3) is 0 Å². The highest BCUT2D eigenvalue weighted by atomic mass is 19.4. The Hall–Kier alpha value is -1.80. The number of halogens is 3. The minimum atomic E-state index is -4.49. The summed E-state index contributed by atoms with van der Waals surface area (Å²) >= 11 is 0. The minimum Gasteiger partial charge on any atom is -0.480 e. The maximum absolute atomic E-state index is 12.2. The van der Waals surface area contributed by atoms with Crippen LogP contribution in [-0.2, 0) is 14.4 Å². The molecule has 1 saturated carbocycles. The third-order valence-electron chi connectivity index (χ3n) is 3.57. The molecule has 0 spiro atoms. The molecule has 1 heterocycles. The second-order valence-electron chi connectivity index (χ2n) is 5.08.